The van der Waals surface area contributed by atoms with E-state index in [0.717, 1.165) is 100 Å². The highest BCUT2D eigenvalue weighted by Gasteiger charge is 2.60. The molecule has 5 rings (SSSR count). The molecule has 4 fully saturated rings. The molecule has 5 aliphatic rings. The van der Waals surface area contributed by atoms with E-state index in [-0.39, 0.29) is 49.5 Å². The number of ether oxygens (including phenoxy) is 3. The molecule has 0 spiro atoms. The molecule has 1 saturated heterocycles. The van der Waals surface area contributed by atoms with Crippen molar-refractivity contribution in [2.24, 2.45) is 46.3 Å². The number of fused-ring (bicyclic) bond motifs is 5. The zero-order valence-electron chi connectivity index (χ0n) is 52.1. The number of esters is 1. The van der Waals surface area contributed by atoms with Crippen molar-refractivity contribution in [1.82, 2.24) is 15.1 Å². The van der Waals surface area contributed by atoms with Crippen molar-refractivity contribution in [2.75, 3.05) is 53.0 Å². The van der Waals surface area contributed by atoms with Crippen LogP contribution in [0.25, 0.3) is 0 Å². The van der Waals surface area contributed by atoms with Gasteiger partial charge in [0.1, 0.15) is 42.7 Å². The second-order valence-corrected chi connectivity index (χ2v) is 26.9. The monoisotopic (exact) mass is 1180 g/mol. The summed E-state index contributed by atoms with van der Waals surface area (Å²) in [4.78, 5) is 44.3. The summed E-state index contributed by atoms with van der Waals surface area (Å²) in [5, 5.41) is 94.9. The minimum absolute atomic E-state index is 0.0249. The third kappa shape index (κ3) is 20.0. The summed E-state index contributed by atoms with van der Waals surface area (Å²) in [6, 6.07) is 0. The normalized spacial score (nSPS) is 30.5. The molecular weight excluding hydrogens is 1060 g/mol. The summed E-state index contributed by atoms with van der Waals surface area (Å²) >= 11 is 0. The van der Waals surface area contributed by atoms with Crippen molar-refractivity contribution in [2.45, 2.75) is 269 Å². The highest BCUT2D eigenvalue weighted by molar-refractivity contribution is 5.81. The maximum absolute atomic E-state index is 13.9. The number of rotatable bonds is 38. The van der Waals surface area contributed by atoms with Gasteiger partial charge < -0.3 is 75.3 Å². The lowest BCUT2D eigenvalue weighted by molar-refractivity contribution is -0.396. The molecule has 83 heavy (non-hydrogen) atoms. The van der Waals surface area contributed by atoms with Crippen LogP contribution >= 0.6 is 0 Å². The lowest BCUT2D eigenvalue weighted by Crippen LogP contribution is -2.68. The largest absolute Gasteiger partial charge is 0.462 e. The molecule has 18 heteroatoms. The summed E-state index contributed by atoms with van der Waals surface area (Å²) in [5.74, 6) is -0.00170. The molecule has 16 atom stereocenters. The Hall–Kier alpha value is -2.59. The van der Waals surface area contributed by atoms with Gasteiger partial charge in [0.05, 0.1) is 19.6 Å². The smallest absolute Gasteiger partial charge is 0.307 e. The second-order valence-electron chi connectivity index (χ2n) is 26.9. The van der Waals surface area contributed by atoms with E-state index in [4.69, 9.17) is 14.2 Å². The molecule has 10 N–H and O–H groups in total. The zero-order valence-corrected chi connectivity index (χ0v) is 52.1. The van der Waals surface area contributed by atoms with Crippen molar-refractivity contribution >= 4 is 17.8 Å². The topological polar surface area (TPSA) is 279 Å². The number of carbonyl (C=O) groups is 3. The van der Waals surface area contributed by atoms with Gasteiger partial charge in [0, 0.05) is 45.6 Å². The van der Waals surface area contributed by atoms with Crippen LogP contribution in [0.15, 0.2) is 23.8 Å². The zero-order chi connectivity index (χ0) is 60.9. The number of amides is 2. The lowest BCUT2D eigenvalue weighted by atomic mass is 9.47. The molecule has 0 aromatic rings. The lowest BCUT2D eigenvalue weighted by Gasteiger charge is -2.58. The fourth-order valence-electron chi connectivity index (χ4n) is 15.2. The molecule has 2 amide bonds. The number of aliphatic hydroxyl groups excluding tert-OH is 7. The van der Waals surface area contributed by atoms with E-state index in [2.05, 4.69) is 65.1 Å². The SMILES string of the molecule is CCCCCCCC/C=C\CCCCCCCC(=O)N(CCC(=O)OC1CC[C@@]2(C)C(=CC[C@H]3[C@@H]4CC[C@H]([C@H](C)CCCC(C)C)[C@@]4(C)CC[C@@H]32)C1)CCN(C)CCNC(=O)C(O)C(O)C(O[C@@H]1OC(CO)C(O)(O)[C@H](O)C1O)C(O)CO. The first kappa shape index (κ1) is 71.2. The molecule has 0 radical (unpaired) electrons. The molecule has 0 aromatic carbocycles. The number of hydrogen-bond acceptors (Lipinski definition) is 16. The number of aliphatic hydroxyl groups is 9. The Kier molecular flexibility index (Phi) is 29.9. The molecule has 1 heterocycles. The van der Waals surface area contributed by atoms with Crippen LogP contribution in [0.4, 0.5) is 0 Å². The van der Waals surface area contributed by atoms with E-state index in [1.807, 2.05) is 4.90 Å². The minimum Gasteiger partial charge on any atom is -0.462 e. The Bertz CT molecular complexity index is 1990. The minimum atomic E-state index is -3.10. The highest BCUT2D eigenvalue weighted by atomic mass is 16.7. The fourth-order valence-corrected chi connectivity index (χ4v) is 15.2. The van der Waals surface area contributed by atoms with Crippen LogP contribution in [-0.2, 0) is 28.6 Å². The van der Waals surface area contributed by atoms with Gasteiger partial charge in [-0.05, 0) is 130 Å². The van der Waals surface area contributed by atoms with Crippen LogP contribution < -0.4 is 5.32 Å². The van der Waals surface area contributed by atoms with Gasteiger partial charge >= 0.3 is 5.97 Å². The number of likely N-dealkylation sites (N-methyl/N-ethyl adjacent to an activating group) is 1. The molecular formula is C65H115N3O15. The first-order valence-corrected chi connectivity index (χ1v) is 32.7. The number of nitrogens with zero attached hydrogens (tertiary/aromatic N) is 2. The van der Waals surface area contributed by atoms with Gasteiger partial charge in [0.25, 0.3) is 5.91 Å². The summed E-state index contributed by atoms with van der Waals surface area (Å²) in [5.41, 5.74) is 2.02. The van der Waals surface area contributed by atoms with Gasteiger partial charge in [-0.1, -0.05) is 136 Å². The summed E-state index contributed by atoms with van der Waals surface area (Å²) < 4.78 is 16.8. The summed E-state index contributed by atoms with van der Waals surface area (Å²) in [6.07, 6.45) is 18.5. The van der Waals surface area contributed by atoms with Gasteiger partial charge in [-0.2, -0.15) is 0 Å². The molecule has 0 aromatic heterocycles. The highest BCUT2D eigenvalue weighted by Crippen LogP contribution is 2.67. The number of hydrogen-bond donors (Lipinski definition) is 10. The van der Waals surface area contributed by atoms with Crippen LogP contribution in [0.2, 0.25) is 0 Å². The van der Waals surface area contributed by atoms with E-state index in [1.54, 1.807) is 11.9 Å². The third-order valence-corrected chi connectivity index (χ3v) is 20.5. The Balaban J connectivity index is 1.11. The number of unbranched alkanes of at least 4 members (excludes halogenated alkanes) is 11. The average Bonchev–Trinajstić information content (AvgIpc) is 2.48. The van der Waals surface area contributed by atoms with E-state index in [9.17, 15) is 60.3 Å². The molecule has 7 unspecified atom stereocenters. The number of nitrogens with one attached hydrogen (secondary N) is 1. The van der Waals surface area contributed by atoms with Crippen LogP contribution in [0, 0.1) is 46.3 Å². The Morgan fingerprint density at radius 1 is 0.807 bits per heavy atom. The maximum Gasteiger partial charge on any atom is 0.307 e. The summed E-state index contributed by atoms with van der Waals surface area (Å²) in [7, 11) is 1.79. The van der Waals surface area contributed by atoms with E-state index >= 15 is 0 Å². The predicted octanol–water partition coefficient (Wildman–Crippen LogP) is 6.82. The van der Waals surface area contributed by atoms with Gasteiger partial charge in [-0.15, -0.1) is 0 Å². The van der Waals surface area contributed by atoms with Crippen LogP contribution in [0.3, 0.4) is 0 Å². The molecule has 1 aliphatic heterocycles. The van der Waals surface area contributed by atoms with Crippen LogP contribution in [0.1, 0.15) is 208 Å². The summed E-state index contributed by atoms with van der Waals surface area (Å²) in [6.45, 7) is 13.6. The molecule has 4 aliphatic carbocycles. The third-order valence-electron chi connectivity index (χ3n) is 20.5. The van der Waals surface area contributed by atoms with E-state index in [1.165, 1.54) is 89.0 Å². The van der Waals surface area contributed by atoms with Crippen LogP contribution in [-0.4, -0.2) is 187 Å². The van der Waals surface area contributed by atoms with Gasteiger partial charge in [-0.25, -0.2) is 0 Å². The quantitative estimate of drug-likeness (QED) is 0.0131. The van der Waals surface area contributed by atoms with Gasteiger partial charge in [0.2, 0.25) is 11.7 Å². The average molecular weight is 1180 g/mol. The van der Waals surface area contributed by atoms with E-state index < -0.39 is 73.9 Å². The van der Waals surface area contributed by atoms with Crippen molar-refractivity contribution in [1.29, 1.82) is 0 Å². The molecule has 0 bridgehead atoms. The van der Waals surface area contributed by atoms with Crippen molar-refractivity contribution in [3.63, 3.8) is 0 Å². The predicted molar refractivity (Wildman–Crippen MR) is 319 cm³/mol. The van der Waals surface area contributed by atoms with Crippen molar-refractivity contribution in [3.05, 3.63) is 23.8 Å². The Labute approximate surface area is 498 Å². The number of carbonyl (C=O) groups excluding carboxylic acids is 3. The maximum atomic E-state index is 13.9. The molecule has 18 nitrogen and oxygen atoms in total. The van der Waals surface area contributed by atoms with Crippen LogP contribution in [0.5, 0.6) is 0 Å². The number of allylic oxidation sites excluding steroid dienone is 3. The first-order valence-electron chi connectivity index (χ1n) is 32.7. The Morgan fingerprint density at radius 2 is 1.48 bits per heavy atom. The Morgan fingerprint density at radius 3 is 2.14 bits per heavy atom. The first-order chi connectivity index (χ1) is 39.5. The molecule has 3 saturated carbocycles. The van der Waals surface area contributed by atoms with E-state index in [0.29, 0.717) is 30.8 Å². The second kappa shape index (κ2) is 34.8. The van der Waals surface area contributed by atoms with Crippen molar-refractivity contribution in [3.8, 4) is 0 Å². The molecule has 480 valence electrons. The standard InChI is InChI=1S/C65H115N3O15/c1-8-9-10-11-12-13-14-15-16-17-18-19-20-21-22-26-54(72)68(40-39-67(7)38-36-66-61(78)57(75)56(74)59(52(71)42-69)83-62-58(76)60(77)65(79,80)53(43-70)82-62)37-33-55(73)81-47-31-34-63(5)46(41-47)27-28-48-50-30-29-49(45(4)25-23-24-44(2)3)64(50,6)35-32-51(48)63/h15-16,27,44-45,47-53,56-60,62,69-71,74-77,79-80H,8-14,17-26,28-43H2,1-7H3,(H,66,78)/b16-15-/t45-,47?,48+,49-,50+,51+,52?,53?,56?,57?,58?,59?,60-,62+,63+,64-/m1/s1. The van der Waals surface area contributed by atoms with Crippen molar-refractivity contribution < 1.29 is 74.6 Å². The van der Waals surface area contributed by atoms with Gasteiger partial charge in [0.15, 0.2) is 12.4 Å². The fraction of sp³-hybridized carbons (Fsp3) is 0.892. The van der Waals surface area contributed by atoms with Gasteiger partial charge in [-0.3, -0.25) is 14.4 Å².